The average molecular weight is 727 g/mol. The number of aliphatic imine (C=N–C) groups is 1. The van der Waals surface area contributed by atoms with Gasteiger partial charge in [-0.3, -0.25) is 14.4 Å². The van der Waals surface area contributed by atoms with Crippen LogP contribution in [-0.2, 0) is 22.6 Å². The smallest absolute Gasteiger partial charge is 0.265 e. The lowest BCUT2D eigenvalue weighted by molar-refractivity contribution is -0.180. The Hall–Kier alpha value is -4.09. The van der Waals surface area contributed by atoms with E-state index in [2.05, 4.69) is 38.0 Å². The van der Waals surface area contributed by atoms with E-state index in [0.29, 0.717) is 29.7 Å². The van der Waals surface area contributed by atoms with Crippen LogP contribution in [0.5, 0.6) is 5.75 Å². The molecule has 0 bridgehead atoms. The van der Waals surface area contributed by atoms with Gasteiger partial charge in [-0.25, -0.2) is 4.99 Å². The molecule has 0 spiro atoms. The molecule has 0 radical (unpaired) electrons. The van der Waals surface area contributed by atoms with Crippen LogP contribution in [0.25, 0.3) is 11.1 Å². The molecule has 2 fully saturated rings. The third-order valence-corrected chi connectivity index (χ3v) is 11.5. The molecule has 5 rings (SSSR count). The Bertz CT molecular complexity index is 1740. The van der Waals surface area contributed by atoms with Crippen LogP contribution in [-0.4, -0.2) is 85.9 Å². The van der Waals surface area contributed by atoms with Gasteiger partial charge in [0.1, 0.15) is 17.9 Å². The van der Waals surface area contributed by atoms with Crippen LogP contribution in [0.15, 0.2) is 71.7 Å². The fourth-order valence-corrected chi connectivity index (χ4v) is 8.02. The van der Waals surface area contributed by atoms with E-state index in [0.717, 1.165) is 47.2 Å². The lowest BCUT2D eigenvalue weighted by Crippen LogP contribution is -2.43. The molecule has 0 aromatic heterocycles. The van der Waals surface area contributed by atoms with Crippen LogP contribution < -0.4 is 15.0 Å². The van der Waals surface area contributed by atoms with Crippen LogP contribution in [0.2, 0.25) is 0 Å². The maximum atomic E-state index is 14.0. The summed E-state index contributed by atoms with van der Waals surface area (Å²) in [6.07, 6.45) is 2.80. The minimum atomic E-state index is -0.935. The lowest BCUT2D eigenvalue weighted by Gasteiger charge is -2.43. The Labute approximate surface area is 315 Å². The van der Waals surface area contributed by atoms with E-state index in [1.54, 1.807) is 20.2 Å². The van der Waals surface area contributed by atoms with Crippen molar-refractivity contribution in [1.82, 2.24) is 10.4 Å². The summed E-state index contributed by atoms with van der Waals surface area (Å²) >= 11 is 0. The zero-order chi connectivity index (χ0) is 38.4. The molecule has 2 amide bonds. The maximum Gasteiger partial charge on any atom is 0.265 e. The van der Waals surface area contributed by atoms with Crippen molar-refractivity contribution in [1.29, 1.82) is 0 Å². The van der Waals surface area contributed by atoms with E-state index in [9.17, 15) is 19.8 Å². The molecule has 2 aliphatic rings. The average Bonchev–Trinajstić information content (AvgIpc) is 3.51. The molecular weight excluding hydrogens is 668 g/mol. The van der Waals surface area contributed by atoms with Crippen molar-refractivity contribution >= 4 is 23.7 Å². The quantitative estimate of drug-likeness (QED) is 0.179. The highest BCUT2D eigenvalue weighted by Gasteiger charge is 2.49. The molecule has 3 aromatic rings. The Kier molecular flexibility index (Phi) is 13.1. The SMILES string of the molecule is COc1c(CN2O[C@@H](CO)C([C@H](C)O)[C@H]2C(=O)N=CC2C[C@@H](C)C(C)(C)CC2C)cccc1-c1cc(C(=O)NCCc2ccccc2)cc(N(C)C)c1. The third-order valence-electron chi connectivity index (χ3n) is 11.5. The molecule has 7 atom stereocenters. The number of aliphatic hydroxyl groups is 2. The van der Waals surface area contributed by atoms with Gasteiger partial charge in [0.05, 0.1) is 26.4 Å². The number of hydrogen-bond acceptors (Lipinski definition) is 8. The number of aliphatic hydroxyl groups excluding tert-OH is 2. The second-order valence-corrected chi connectivity index (χ2v) is 15.9. The first-order chi connectivity index (χ1) is 25.2. The monoisotopic (exact) mass is 726 g/mol. The molecule has 1 aliphatic heterocycles. The molecule has 3 unspecified atom stereocenters. The number of carbonyl (C=O) groups is 2. The van der Waals surface area contributed by atoms with Gasteiger partial charge in [0.15, 0.2) is 0 Å². The van der Waals surface area contributed by atoms with Gasteiger partial charge in [0, 0.05) is 55.2 Å². The number of hydrogen-bond donors (Lipinski definition) is 3. The summed E-state index contributed by atoms with van der Waals surface area (Å²) in [7, 11) is 5.46. The number of benzene rings is 3. The van der Waals surface area contributed by atoms with Crippen LogP contribution in [0.4, 0.5) is 5.69 Å². The van der Waals surface area contributed by atoms with Gasteiger partial charge in [-0.1, -0.05) is 76.2 Å². The van der Waals surface area contributed by atoms with Gasteiger partial charge in [0.25, 0.3) is 11.8 Å². The van der Waals surface area contributed by atoms with Crippen molar-refractivity contribution in [2.45, 2.75) is 78.7 Å². The summed E-state index contributed by atoms with van der Waals surface area (Å²) in [4.78, 5) is 40.1. The highest BCUT2D eigenvalue weighted by Crippen LogP contribution is 2.45. The Morgan fingerprint density at radius 1 is 1.11 bits per heavy atom. The molecular formula is C43H58N4O6. The predicted octanol–water partition coefficient (Wildman–Crippen LogP) is 6.18. The second-order valence-electron chi connectivity index (χ2n) is 15.9. The first-order valence-corrected chi connectivity index (χ1v) is 18.8. The predicted molar refractivity (Wildman–Crippen MR) is 210 cm³/mol. The fraction of sp³-hybridized carbons (Fsp3) is 0.512. The number of anilines is 1. The molecule has 53 heavy (non-hydrogen) atoms. The standard InChI is InChI=1S/C43H58N4O6/c1-27-23-43(4,5)28(2)19-34(27)24-45-42(51)39-38(29(3)49)37(26-48)53-47(39)25-31-15-12-16-36(40(31)52-8)32-20-33(22-35(21-32)46(6)7)41(50)44-18-17-30-13-10-9-11-14-30/h9-16,20-22,24,27-29,34,37-39,48-49H,17-19,23,25-26H2,1-8H3,(H,44,50)/t27?,28-,29+,34?,37+,38?,39+/m1/s1. The van der Waals surface area contributed by atoms with Crippen LogP contribution in [0, 0.1) is 29.1 Å². The van der Waals surface area contributed by atoms with E-state index in [1.807, 2.05) is 85.7 Å². The number of methoxy groups -OCH3 is 1. The summed E-state index contributed by atoms with van der Waals surface area (Å²) in [5, 5.41) is 25.8. The van der Waals surface area contributed by atoms with Crippen LogP contribution >= 0.6 is 0 Å². The Morgan fingerprint density at radius 2 is 1.85 bits per heavy atom. The Morgan fingerprint density at radius 3 is 2.51 bits per heavy atom. The zero-order valence-corrected chi connectivity index (χ0v) is 32.6. The van der Waals surface area contributed by atoms with E-state index < -0.39 is 30.1 Å². The van der Waals surface area contributed by atoms with Crippen molar-refractivity contribution < 1.29 is 29.4 Å². The Balaban J connectivity index is 1.42. The summed E-state index contributed by atoms with van der Waals surface area (Å²) in [5.41, 5.74) is 5.04. The highest BCUT2D eigenvalue weighted by atomic mass is 16.7. The van der Waals surface area contributed by atoms with Crippen molar-refractivity contribution in [3.63, 3.8) is 0 Å². The maximum absolute atomic E-state index is 14.0. The number of carbonyl (C=O) groups excluding carboxylic acids is 2. The zero-order valence-electron chi connectivity index (χ0n) is 32.6. The molecule has 1 heterocycles. The van der Waals surface area contributed by atoms with Gasteiger partial charge < -0.3 is 25.2 Å². The number of amides is 2. The first-order valence-electron chi connectivity index (χ1n) is 18.8. The van der Waals surface area contributed by atoms with E-state index >= 15 is 0 Å². The summed E-state index contributed by atoms with van der Waals surface area (Å²) in [6, 6.07) is 20.6. The fourth-order valence-electron chi connectivity index (χ4n) is 8.02. The van der Waals surface area contributed by atoms with Crippen molar-refractivity contribution in [2.75, 3.05) is 39.3 Å². The molecule has 10 nitrogen and oxygen atoms in total. The normalized spacial score (nSPS) is 24.9. The van der Waals surface area contributed by atoms with Crippen LogP contribution in [0.1, 0.15) is 68.9 Å². The van der Waals surface area contributed by atoms with Gasteiger partial charge in [-0.2, -0.15) is 5.06 Å². The summed E-state index contributed by atoms with van der Waals surface area (Å²) in [6.45, 7) is 11.0. The van der Waals surface area contributed by atoms with E-state index in [-0.39, 0.29) is 30.4 Å². The number of nitrogens with zero attached hydrogens (tertiary/aromatic N) is 3. The van der Waals surface area contributed by atoms with Crippen molar-refractivity contribution in [2.24, 2.45) is 34.1 Å². The molecule has 3 aromatic carbocycles. The number of hydroxylamine groups is 2. The molecule has 10 heteroatoms. The van der Waals surface area contributed by atoms with Gasteiger partial charge in [-0.05, 0) is 78.7 Å². The number of nitrogens with one attached hydrogen (secondary N) is 1. The number of para-hydroxylation sites is 1. The van der Waals surface area contributed by atoms with Crippen molar-refractivity contribution in [3.05, 3.63) is 83.4 Å². The number of rotatable bonds is 13. The van der Waals surface area contributed by atoms with Gasteiger partial charge >= 0.3 is 0 Å². The third kappa shape index (κ3) is 9.35. The van der Waals surface area contributed by atoms with E-state index in [4.69, 9.17) is 9.57 Å². The minimum Gasteiger partial charge on any atom is -0.496 e. The second kappa shape index (κ2) is 17.4. The molecule has 3 N–H and O–H groups in total. The van der Waals surface area contributed by atoms with Crippen molar-refractivity contribution in [3.8, 4) is 16.9 Å². The van der Waals surface area contributed by atoms with E-state index in [1.165, 1.54) is 5.06 Å². The molecule has 286 valence electrons. The molecule has 1 saturated heterocycles. The lowest BCUT2D eigenvalue weighted by atomic mass is 9.62. The van der Waals surface area contributed by atoms with Gasteiger partial charge in [-0.15, -0.1) is 0 Å². The molecule has 1 saturated carbocycles. The van der Waals surface area contributed by atoms with Gasteiger partial charge in [0.2, 0.25) is 0 Å². The topological polar surface area (TPSA) is 124 Å². The minimum absolute atomic E-state index is 0.133. The summed E-state index contributed by atoms with van der Waals surface area (Å²) < 4.78 is 6.03. The highest BCUT2D eigenvalue weighted by molar-refractivity contribution is 5.97. The largest absolute Gasteiger partial charge is 0.496 e. The number of ether oxygens (including phenoxy) is 1. The first kappa shape index (κ1) is 40.1. The molecule has 1 aliphatic carbocycles. The van der Waals surface area contributed by atoms with Crippen LogP contribution in [0.3, 0.4) is 0 Å². The summed E-state index contributed by atoms with van der Waals surface area (Å²) in [5.74, 6) is 0.323.